The van der Waals surface area contributed by atoms with Crippen molar-refractivity contribution >= 4 is 40.9 Å². The van der Waals surface area contributed by atoms with Crippen molar-refractivity contribution in [2.45, 2.75) is 37.3 Å². The minimum absolute atomic E-state index is 0.0542. The molecular weight excluding hydrogens is 447 g/mol. The van der Waals surface area contributed by atoms with Crippen LogP contribution < -0.4 is 4.90 Å². The fraction of sp³-hybridized carbons (Fsp3) is 0.240. The molecule has 1 amide bonds. The average molecular weight is 467 g/mol. The van der Waals surface area contributed by atoms with Crippen LogP contribution in [0.2, 0.25) is 10.0 Å². The van der Waals surface area contributed by atoms with Crippen LogP contribution in [0.5, 0.6) is 0 Å². The fourth-order valence-corrected chi connectivity index (χ4v) is 5.12. The number of anilines is 1. The summed E-state index contributed by atoms with van der Waals surface area (Å²) in [5.41, 5.74) is 1.54. The summed E-state index contributed by atoms with van der Waals surface area (Å²) < 4.78 is 5.54. The van der Waals surface area contributed by atoms with Gasteiger partial charge in [-0.15, -0.1) is 0 Å². The zero-order chi connectivity index (χ0) is 22.5. The first-order valence-electron chi connectivity index (χ1n) is 10.4. The van der Waals surface area contributed by atoms with E-state index in [0.29, 0.717) is 22.3 Å². The lowest BCUT2D eigenvalue weighted by molar-refractivity contribution is -0.199. The highest BCUT2D eigenvalue weighted by molar-refractivity contribution is 6.30. The van der Waals surface area contributed by atoms with Crippen LogP contribution in [-0.2, 0) is 14.3 Å². The van der Waals surface area contributed by atoms with Gasteiger partial charge in [0.1, 0.15) is 5.82 Å². The number of rotatable bonds is 3. The van der Waals surface area contributed by atoms with Crippen molar-refractivity contribution in [3.05, 3.63) is 93.6 Å². The lowest BCUT2D eigenvalue weighted by Gasteiger charge is -2.52. The first kappa shape index (κ1) is 21.0. The SMILES string of the molecule is Cc1cccnc1N1C(=O)C2(CC(=O)O2)CC(c2cccc(Cl)c2)C1c1ccc(Cl)cc1. The number of piperidine rings is 1. The molecule has 5 rings (SSSR count). The number of halogens is 2. The Morgan fingerprint density at radius 3 is 2.41 bits per heavy atom. The Kier molecular flexibility index (Phi) is 5.19. The van der Waals surface area contributed by atoms with Crippen LogP contribution in [0.3, 0.4) is 0 Å². The average Bonchev–Trinajstić information content (AvgIpc) is 2.75. The Bertz CT molecular complexity index is 1200. The zero-order valence-electron chi connectivity index (χ0n) is 17.3. The highest BCUT2D eigenvalue weighted by Crippen LogP contribution is 2.53. The van der Waals surface area contributed by atoms with E-state index in [4.69, 9.17) is 27.9 Å². The third-order valence-corrected chi connectivity index (χ3v) is 6.74. The van der Waals surface area contributed by atoms with Crippen LogP contribution in [0.1, 0.15) is 41.5 Å². The highest BCUT2D eigenvalue weighted by Gasteiger charge is 2.61. The maximum absolute atomic E-state index is 13.9. The van der Waals surface area contributed by atoms with E-state index in [1.165, 1.54) is 0 Å². The minimum Gasteiger partial charge on any atom is -0.448 e. The molecule has 5 nitrogen and oxygen atoms in total. The van der Waals surface area contributed by atoms with E-state index in [1.807, 2.05) is 67.6 Å². The van der Waals surface area contributed by atoms with Gasteiger partial charge in [0, 0.05) is 28.6 Å². The Balaban J connectivity index is 1.73. The summed E-state index contributed by atoms with van der Waals surface area (Å²) in [4.78, 5) is 32.0. The maximum Gasteiger partial charge on any atom is 0.311 e. The number of ether oxygens (including phenoxy) is 1. The normalized spacial score (nSPS) is 24.9. The van der Waals surface area contributed by atoms with Gasteiger partial charge in [-0.1, -0.05) is 53.5 Å². The van der Waals surface area contributed by atoms with E-state index in [2.05, 4.69) is 4.98 Å². The fourth-order valence-electron chi connectivity index (χ4n) is 4.79. The van der Waals surface area contributed by atoms with Crippen LogP contribution in [0.4, 0.5) is 5.82 Å². The summed E-state index contributed by atoms with van der Waals surface area (Å²) >= 11 is 12.5. The van der Waals surface area contributed by atoms with Crippen molar-refractivity contribution in [2.75, 3.05) is 4.90 Å². The molecule has 32 heavy (non-hydrogen) atoms. The first-order valence-corrected chi connectivity index (χ1v) is 11.1. The molecule has 2 aliphatic rings. The molecule has 3 aromatic rings. The summed E-state index contributed by atoms with van der Waals surface area (Å²) in [6.45, 7) is 1.91. The van der Waals surface area contributed by atoms with Gasteiger partial charge in [0.25, 0.3) is 5.91 Å². The Hall–Kier alpha value is -2.89. The molecule has 162 valence electrons. The van der Waals surface area contributed by atoms with Crippen molar-refractivity contribution in [2.24, 2.45) is 0 Å². The predicted octanol–water partition coefficient (Wildman–Crippen LogP) is 5.64. The molecular formula is C25H20Cl2N2O3. The Morgan fingerprint density at radius 2 is 1.75 bits per heavy atom. The van der Waals surface area contributed by atoms with Crippen LogP contribution >= 0.6 is 23.2 Å². The second-order valence-electron chi connectivity index (χ2n) is 8.33. The molecule has 0 bridgehead atoms. The second-order valence-corrected chi connectivity index (χ2v) is 9.20. The molecule has 0 N–H and O–H groups in total. The van der Waals surface area contributed by atoms with Crippen LogP contribution in [0.15, 0.2) is 66.9 Å². The summed E-state index contributed by atoms with van der Waals surface area (Å²) in [5.74, 6) is -0.253. The molecule has 2 fully saturated rings. The Morgan fingerprint density at radius 1 is 1.00 bits per heavy atom. The number of benzene rings is 2. The first-order chi connectivity index (χ1) is 15.4. The van der Waals surface area contributed by atoms with Crippen LogP contribution in [-0.4, -0.2) is 22.5 Å². The number of carbonyl (C=O) groups is 2. The van der Waals surface area contributed by atoms with E-state index in [1.54, 1.807) is 11.1 Å². The van der Waals surface area contributed by atoms with Gasteiger partial charge in [-0.05, 0) is 53.9 Å². The molecule has 3 heterocycles. The number of hydrogen-bond acceptors (Lipinski definition) is 4. The van der Waals surface area contributed by atoms with E-state index < -0.39 is 5.60 Å². The number of aromatic nitrogens is 1. The predicted molar refractivity (Wildman–Crippen MR) is 123 cm³/mol. The van der Waals surface area contributed by atoms with E-state index in [0.717, 1.165) is 16.7 Å². The molecule has 0 saturated carbocycles. The van der Waals surface area contributed by atoms with Gasteiger partial charge in [-0.3, -0.25) is 14.5 Å². The lowest BCUT2D eigenvalue weighted by Crippen LogP contribution is -2.65. The number of amides is 1. The van der Waals surface area contributed by atoms with Crippen LogP contribution in [0.25, 0.3) is 0 Å². The number of carbonyl (C=O) groups excluding carboxylic acids is 2. The number of aryl methyl sites for hydroxylation is 1. The van der Waals surface area contributed by atoms with Crippen molar-refractivity contribution in [1.82, 2.24) is 4.98 Å². The number of nitrogens with zero attached hydrogens (tertiary/aromatic N) is 2. The molecule has 1 aromatic heterocycles. The largest absolute Gasteiger partial charge is 0.448 e. The van der Waals surface area contributed by atoms with Gasteiger partial charge in [0.05, 0.1) is 12.5 Å². The molecule has 0 radical (unpaired) electrons. The molecule has 2 aliphatic heterocycles. The second kappa shape index (κ2) is 7.91. The van der Waals surface area contributed by atoms with E-state index in [-0.39, 0.29) is 30.3 Å². The maximum atomic E-state index is 13.9. The van der Waals surface area contributed by atoms with Gasteiger partial charge in [-0.25, -0.2) is 4.98 Å². The summed E-state index contributed by atoms with van der Waals surface area (Å²) in [7, 11) is 0. The highest BCUT2D eigenvalue weighted by atomic mass is 35.5. The number of hydrogen-bond donors (Lipinski definition) is 0. The monoisotopic (exact) mass is 466 g/mol. The van der Waals surface area contributed by atoms with Gasteiger partial charge in [-0.2, -0.15) is 0 Å². The van der Waals surface area contributed by atoms with Gasteiger partial charge in [0.15, 0.2) is 0 Å². The number of pyridine rings is 1. The summed E-state index contributed by atoms with van der Waals surface area (Å²) in [6, 6.07) is 18.4. The summed E-state index contributed by atoms with van der Waals surface area (Å²) in [5, 5.41) is 1.22. The molecule has 3 unspecified atom stereocenters. The molecule has 7 heteroatoms. The third-order valence-electron chi connectivity index (χ3n) is 6.25. The third kappa shape index (κ3) is 3.46. The lowest BCUT2D eigenvalue weighted by atomic mass is 9.71. The number of esters is 1. The molecule has 2 saturated heterocycles. The van der Waals surface area contributed by atoms with Crippen LogP contribution in [0, 0.1) is 6.92 Å². The van der Waals surface area contributed by atoms with Gasteiger partial charge < -0.3 is 4.74 Å². The van der Waals surface area contributed by atoms with Crippen molar-refractivity contribution in [1.29, 1.82) is 0 Å². The van der Waals surface area contributed by atoms with Crippen molar-refractivity contribution in [3.8, 4) is 0 Å². The quantitative estimate of drug-likeness (QED) is 0.468. The smallest absolute Gasteiger partial charge is 0.311 e. The molecule has 0 aliphatic carbocycles. The topological polar surface area (TPSA) is 59.5 Å². The van der Waals surface area contributed by atoms with Gasteiger partial charge >= 0.3 is 5.97 Å². The molecule has 2 aromatic carbocycles. The minimum atomic E-state index is -1.20. The molecule has 3 atom stereocenters. The zero-order valence-corrected chi connectivity index (χ0v) is 18.8. The van der Waals surface area contributed by atoms with E-state index >= 15 is 0 Å². The van der Waals surface area contributed by atoms with Gasteiger partial charge in [0.2, 0.25) is 5.60 Å². The molecule has 1 spiro atoms. The van der Waals surface area contributed by atoms with E-state index in [9.17, 15) is 9.59 Å². The Labute approximate surface area is 195 Å². The van der Waals surface area contributed by atoms with Crippen molar-refractivity contribution in [3.63, 3.8) is 0 Å². The standard InChI is InChI=1S/C25H20Cl2N2O3/c1-15-4-3-11-28-23(15)29-22(16-7-9-18(26)10-8-16)20(17-5-2-6-19(27)12-17)13-25(24(29)31)14-21(30)32-25/h2-12,20,22H,13-14H2,1H3. The van der Waals surface area contributed by atoms with Crippen molar-refractivity contribution < 1.29 is 14.3 Å². The summed E-state index contributed by atoms with van der Waals surface area (Å²) in [6.07, 6.45) is 2.09.